The Morgan fingerprint density at radius 1 is 1.08 bits per heavy atom. The Hall–Kier alpha value is -2.05. The van der Waals surface area contributed by atoms with Crippen LogP contribution in [0.4, 0.5) is 11.4 Å². The number of nitrogens with zero attached hydrogens (tertiary/aromatic N) is 2. The van der Waals surface area contributed by atoms with Gasteiger partial charge >= 0.3 is 0 Å². The van der Waals surface area contributed by atoms with Gasteiger partial charge in [-0.3, -0.25) is 9.69 Å². The number of methoxy groups -OCH3 is 1. The van der Waals surface area contributed by atoms with Crippen molar-refractivity contribution in [1.82, 2.24) is 4.90 Å². The molecule has 0 radical (unpaired) electrons. The first kappa shape index (κ1) is 18.7. The van der Waals surface area contributed by atoms with Crippen LogP contribution in [0, 0.1) is 0 Å². The number of rotatable bonds is 5. The predicted octanol–water partition coefficient (Wildman–Crippen LogP) is 3.61. The SMILES string of the molecule is COc1ccccc1N1CCN([C@H](C)C(=O)Nc2ccc(Br)cc2)CC1. The molecule has 5 nitrogen and oxygen atoms in total. The minimum atomic E-state index is -0.168. The molecule has 0 saturated carbocycles. The number of piperazine rings is 1. The van der Waals surface area contributed by atoms with E-state index < -0.39 is 0 Å². The molecule has 0 aliphatic carbocycles. The summed E-state index contributed by atoms with van der Waals surface area (Å²) in [5.74, 6) is 0.917. The van der Waals surface area contributed by atoms with Crippen molar-refractivity contribution in [2.24, 2.45) is 0 Å². The largest absolute Gasteiger partial charge is 0.495 e. The van der Waals surface area contributed by atoms with E-state index in [1.807, 2.05) is 49.4 Å². The van der Waals surface area contributed by atoms with Crippen LogP contribution in [0.5, 0.6) is 5.75 Å². The van der Waals surface area contributed by atoms with Crippen molar-refractivity contribution >= 4 is 33.2 Å². The van der Waals surface area contributed by atoms with Gasteiger partial charge in [0.1, 0.15) is 5.75 Å². The van der Waals surface area contributed by atoms with Crippen LogP contribution in [0.3, 0.4) is 0 Å². The first-order valence-corrected chi connectivity index (χ1v) is 9.56. The number of anilines is 2. The molecule has 2 aromatic rings. The van der Waals surface area contributed by atoms with E-state index in [1.54, 1.807) is 7.11 Å². The Kier molecular flexibility index (Phi) is 6.16. The summed E-state index contributed by atoms with van der Waals surface area (Å²) >= 11 is 3.40. The molecule has 1 aliphatic rings. The summed E-state index contributed by atoms with van der Waals surface area (Å²) in [6, 6.07) is 15.5. The molecule has 138 valence electrons. The number of para-hydroxylation sites is 2. The zero-order chi connectivity index (χ0) is 18.5. The van der Waals surface area contributed by atoms with Gasteiger partial charge in [-0.15, -0.1) is 0 Å². The monoisotopic (exact) mass is 417 g/mol. The standard InChI is InChI=1S/C20H24BrN3O2/c1-15(20(25)22-17-9-7-16(21)8-10-17)23-11-13-24(14-12-23)18-5-3-4-6-19(18)26-2/h3-10,15H,11-14H2,1-2H3,(H,22,25)/t15-/m1/s1. The van der Waals surface area contributed by atoms with Gasteiger partial charge in [0, 0.05) is 36.3 Å². The highest BCUT2D eigenvalue weighted by Crippen LogP contribution is 2.28. The average molecular weight is 418 g/mol. The summed E-state index contributed by atoms with van der Waals surface area (Å²) in [7, 11) is 1.70. The lowest BCUT2D eigenvalue weighted by molar-refractivity contribution is -0.120. The third-order valence-electron chi connectivity index (χ3n) is 4.78. The molecule has 1 atom stereocenters. The maximum absolute atomic E-state index is 12.6. The number of nitrogens with one attached hydrogen (secondary N) is 1. The van der Waals surface area contributed by atoms with Crippen molar-refractivity contribution in [3.05, 3.63) is 53.0 Å². The third kappa shape index (κ3) is 4.37. The summed E-state index contributed by atoms with van der Waals surface area (Å²) in [4.78, 5) is 17.1. The Morgan fingerprint density at radius 2 is 1.73 bits per heavy atom. The zero-order valence-electron chi connectivity index (χ0n) is 15.1. The van der Waals surface area contributed by atoms with E-state index in [-0.39, 0.29) is 11.9 Å². The third-order valence-corrected chi connectivity index (χ3v) is 5.31. The van der Waals surface area contributed by atoms with Crippen molar-refractivity contribution in [3.8, 4) is 5.75 Å². The second-order valence-corrected chi connectivity index (χ2v) is 7.28. The molecule has 2 aromatic carbocycles. The normalized spacial score (nSPS) is 16.2. The van der Waals surface area contributed by atoms with Crippen LogP contribution in [0.1, 0.15) is 6.92 Å². The van der Waals surface area contributed by atoms with Crippen LogP contribution in [0.2, 0.25) is 0 Å². The molecule has 1 saturated heterocycles. The second-order valence-electron chi connectivity index (χ2n) is 6.37. The van der Waals surface area contributed by atoms with Crippen LogP contribution in [-0.2, 0) is 4.79 Å². The van der Waals surface area contributed by atoms with Crippen molar-refractivity contribution in [1.29, 1.82) is 0 Å². The quantitative estimate of drug-likeness (QED) is 0.806. The summed E-state index contributed by atoms with van der Waals surface area (Å²) in [5, 5.41) is 2.99. The number of hydrogen-bond donors (Lipinski definition) is 1. The molecule has 26 heavy (non-hydrogen) atoms. The van der Waals surface area contributed by atoms with Gasteiger partial charge in [-0.05, 0) is 43.3 Å². The fourth-order valence-electron chi connectivity index (χ4n) is 3.19. The first-order valence-electron chi connectivity index (χ1n) is 8.77. The first-order chi connectivity index (χ1) is 12.6. The number of carbonyl (C=O) groups is 1. The topological polar surface area (TPSA) is 44.8 Å². The van der Waals surface area contributed by atoms with Gasteiger partial charge in [0.25, 0.3) is 0 Å². The van der Waals surface area contributed by atoms with Gasteiger partial charge in [-0.1, -0.05) is 28.1 Å². The van der Waals surface area contributed by atoms with E-state index in [2.05, 4.69) is 37.1 Å². The van der Waals surface area contributed by atoms with Gasteiger partial charge in [0.05, 0.1) is 18.8 Å². The smallest absolute Gasteiger partial charge is 0.241 e. The summed E-state index contributed by atoms with van der Waals surface area (Å²) in [6.45, 7) is 5.39. The molecule has 1 amide bonds. The summed E-state index contributed by atoms with van der Waals surface area (Å²) in [5.41, 5.74) is 1.93. The lowest BCUT2D eigenvalue weighted by Crippen LogP contribution is -2.52. The maximum atomic E-state index is 12.6. The van der Waals surface area contributed by atoms with Gasteiger partial charge in [0.15, 0.2) is 0 Å². The van der Waals surface area contributed by atoms with Gasteiger partial charge in [-0.25, -0.2) is 0 Å². The minimum absolute atomic E-state index is 0.0260. The van der Waals surface area contributed by atoms with Gasteiger partial charge < -0.3 is 15.0 Å². The number of amides is 1. The Labute approximate surface area is 163 Å². The van der Waals surface area contributed by atoms with Gasteiger partial charge in [-0.2, -0.15) is 0 Å². The zero-order valence-corrected chi connectivity index (χ0v) is 16.7. The van der Waals surface area contributed by atoms with E-state index >= 15 is 0 Å². The summed E-state index contributed by atoms with van der Waals surface area (Å²) < 4.78 is 6.46. The van der Waals surface area contributed by atoms with Crippen LogP contribution in [0.15, 0.2) is 53.0 Å². The maximum Gasteiger partial charge on any atom is 0.241 e. The van der Waals surface area contributed by atoms with E-state index in [1.165, 1.54) is 0 Å². The number of halogens is 1. The molecule has 0 aromatic heterocycles. The molecule has 6 heteroatoms. The highest BCUT2D eigenvalue weighted by atomic mass is 79.9. The van der Waals surface area contributed by atoms with E-state index in [9.17, 15) is 4.79 Å². The van der Waals surface area contributed by atoms with Crippen LogP contribution < -0.4 is 15.0 Å². The molecular weight excluding hydrogens is 394 g/mol. The predicted molar refractivity (Wildman–Crippen MR) is 109 cm³/mol. The number of benzene rings is 2. The van der Waals surface area contributed by atoms with Crippen molar-refractivity contribution in [2.45, 2.75) is 13.0 Å². The fourth-order valence-corrected chi connectivity index (χ4v) is 3.45. The number of carbonyl (C=O) groups excluding carboxylic acids is 1. The van der Waals surface area contributed by atoms with Gasteiger partial charge in [0.2, 0.25) is 5.91 Å². The number of ether oxygens (including phenoxy) is 1. The number of hydrogen-bond acceptors (Lipinski definition) is 4. The lowest BCUT2D eigenvalue weighted by Gasteiger charge is -2.38. The Balaban J connectivity index is 1.57. The fraction of sp³-hybridized carbons (Fsp3) is 0.350. The Morgan fingerprint density at radius 3 is 2.38 bits per heavy atom. The highest BCUT2D eigenvalue weighted by Gasteiger charge is 2.26. The van der Waals surface area contributed by atoms with E-state index in [4.69, 9.17) is 4.74 Å². The summed E-state index contributed by atoms with van der Waals surface area (Å²) in [6.07, 6.45) is 0. The second kappa shape index (κ2) is 8.56. The molecule has 1 fully saturated rings. The highest BCUT2D eigenvalue weighted by molar-refractivity contribution is 9.10. The minimum Gasteiger partial charge on any atom is -0.495 e. The van der Waals surface area contributed by atoms with Crippen LogP contribution in [-0.4, -0.2) is 50.1 Å². The molecule has 0 spiro atoms. The van der Waals surface area contributed by atoms with Crippen molar-refractivity contribution in [3.63, 3.8) is 0 Å². The molecule has 1 heterocycles. The van der Waals surface area contributed by atoms with E-state index in [0.29, 0.717) is 0 Å². The van der Waals surface area contributed by atoms with Crippen LogP contribution in [0.25, 0.3) is 0 Å². The van der Waals surface area contributed by atoms with Crippen LogP contribution >= 0.6 is 15.9 Å². The molecule has 1 aliphatic heterocycles. The van der Waals surface area contributed by atoms with Crippen molar-refractivity contribution in [2.75, 3.05) is 43.5 Å². The Bertz CT molecular complexity index is 743. The van der Waals surface area contributed by atoms with Crippen molar-refractivity contribution < 1.29 is 9.53 Å². The average Bonchev–Trinajstić information content (AvgIpc) is 2.69. The molecule has 1 N–H and O–H groups in total. The molecule has 3 rings (SSSR count). The molecular formula is C20H24BrN3O2. The van der Waals surface area contributed by atoms with E-state index in [0.717, 1.165) is 47.8 Å². The molecule has 0 bridgehead atoms. The lowest BCUT2D eigenvalue weighted by atomic mass is 10.2. The molecule has 0 unspecified atom stereocenters.